The number of hydrogen-bond donors (Lipinski definition) is 3. The fourth-order valence-corrected chi connectivity index (χ4v) is 5.93. The lowest BCUT2D eigenvalue weighted by atomic mass is 10.0. The summed E-state index contributed by atoms with van der Waals surface area (Å²) in [6.07, 6.45) is 0.790. The number of rotatable bonds is 11. The van der Waals surface area contributed by atoms with Gasteiger partial charge in [-0.25, -0.2) is 9.18 Å². The SMILES string of the molecule is COc1ccc(COc2cc(F)cc(-c3cc(C(=O)Nc4cc([C@H]5CC[C@@H](OC(=O)NC(C)C)C5)[nH]n4)n(C)n3)c2C2OCCO2)cc1. The lowest BCUT2D eigenvalue weighted by Crippen LogP contribution is -2.33. The molecule has 3 N–H and O–H groups in total. The Labute approximate surface area is 277 Å². The molecule has 6 rings (SSSR count). The zero-order valence-electron chi connectivity index (χ0n) is 27.2. The number of aryl methyl sites for hydroxylation is 1. The Hall–Kier alpha value is -4.95. The van der Waals surface area contributed by atoms with Crippen LogP contribution in [0.15, 0.2) is 48.5 Å². The molecule has 3 heterocycles. The Bertz CT molecular complexity index is 1750. The molecule has 1 saturated carbocycles. The Morgan fingerprint density at radius 2 is 1.88 bits per heavy atom. The van der Waals surface area contributed by atoms with Crippen LogP contribution in [0.1, 0.15) is 72.6 Å². The van der Waals surface area contributed by atoms with E-state index in [1.807, 2.05) is 38.1 Å². The number of amides is 2. The largest absolute Gasteiger partial charge is 0.497 e. The van der Waals surface area contributed by atoms with Crippen LogP contribution < -0.4 is 20.1 Å². The first-order valence-electron chi connectivity index (χ1n) is 15.9. The van der Waals surface area contributed by atoms with Crippen molar-refractivity contribution in [1.29, 1.82) is 0 Å². The van der Waals surface area contributed by atoms with Crippen LogP contribution in [0.5, 0.6) is 11.5 Å². The van der Waals surface area contributed by atoms with Crippen LogP contribution in [-0.2, 0) is 27.9 Å². The van der Waals surface area contributed by atoms with Crippen LogP contribution in [0.3, 0.4) is 0 Å². The molecule has 2 aliphatic rings. The molecule has 2 aromatic heterocycles. The molecule has 1 aliphatic carbocycles. The molecule has 2 atom stereocenters. The topological polar surface area (TPSA) is 151 Å². The van der Waals surface area contributed by atoms with Gasteiger partial charge in [-0.3, -0.25) is 14.6 Å². The van der Waals surface area contributed by atoms with Gasteiger partial charge in [0.25, 0.3) is 5.91 Å². The fraction of sp³-hybridized carbons (Fsp3) is 0.412. The summed E-state index contributed by atoms with van der Waals surface area (Å²) in [6.45, 7) is 4.64. The average Bonchev–Trinajstić information content (AvgIpc) is 3.88. The highest BCUT2D eigenvalue weighted by atomic mass is 19.1. The number of H-pyrrole nitrogens is 1. The third kappa shape index (κ3) is 7.60. The predicted octanol–water partition coefficient (Wildman–Crippen LogP) is 5.61. The molecular formula is C34H39FN6O7. The van der Waals surface area contributed by atoms with Gasteiger partial charge in [0.1, 0.15) is 35.7 Å². The number of alkyl carbamates (subject to hydrolysis) is 1. The standard InChI is InChI=1S/C34H39FN6O7/c1-19(2)36-34(43)48-24-10-7-21(13-24)26-17-30(39-38-26)37-32(42)28-16-27(40-41(28)3)25-14-22(35)15-29(31(25)33-45-11-12-46-33)47-18-20-5-8-23(44-4)9-6-20/h5-6,8-9,14-17,19,21,24,33H,7,10-13,18H2,1-4H3,(H,36,43)(H2,37,38,39,42)/t21-,24+/m0/s1. The van der Waals surface area contributed by atoms with Crippen LogP contribution in [0.25, 0.3) is 11.3 Å². The predicted molar refractivity (Wildman–Crippen MR) is 172 cm³/mol. The maximum absolute atomic E-state index is 15.1. The first kappa shape index (κ1) is 33.0. The van der Waals surface area contributed by atoms with E-state index in [1.165, 1.54) is 16.8 Å². The maximum Gasteiger partial charge on any atom is 0.407 e. The van der Waals surface area contributed by atoms with Crippen molar-refractivity contribution in [1.82, 2.24) is 25.3 Å². The molecule has 2 fully saturated rings. The second kappa shape index (κ2) is 14.4. The van der Waals surface area contributed by atoms with Crippen LogP contribution >= 0.6 is 0 Å². The Kier molecular flexibility index (Phi) is 9.92. The van der Waals surface area contributed by atoms with Gasteiger partial charge in [0, 0.05) is 42.4 Å². The summed E-state index contributed by atoms with van der Waals surface area (Å²) in [5, 5.41) is 17.4. The molecule has 254 valence electrons. The lowest BCUT2D eigenvalue weighted by Gasteiger charge is -2.19. The summed E-state index contributed by atoms with van der Waals surface area (Å²) in [5.41, 5.74) is 3.12. The number of aromatic amines is 1. The molecule has 48 heavy (non-hydrogen) atoms. The number of carbonyl (C=O) groups excluding carboxylic acids is 2. The van der Waals surface area contributed by atoms with Gasteiger partial charge in [-0.15, -0.1) is 0 Å². The van der Waals surface area contributed by atoms with Crippen molar-refractivity contribution in [3.63, 3.8) is 0 Å². The lowest BCUT2D eigenvalue weighted by molar-refractivity contribution is -0.0455. The Morgan fingerprint density at radius 1 is 1.10 bits per heavy atom. The number of benzene rings is 2. The van der Waals surface area contributed by atoms with Crippen molar-refractivity contribution in [3.8, 4) is 22.8 Å². The Morgan fingerprint density at radius 3 is 2.60 bits per heavy atom. The average molecular weight is 663 g/mol. The van der Waals surface area contributed by atoms with E-state index in [-0.39, 0.29) is 36.1 Å². The number of hydrogen-bond acceptors (Lipinski definition) is 9. The number of methoxy groups -OCH3 is 1. The van der Waals surface area contributed by atoms with E-state index in [2.05, 4.69) is 25.9 Å². The molecule has 2 aromatic carbocycles. The first-order valence-corrected chi connectivity index (χ1v) is 15.9. The quantitative estimate of drug-likeness (QED) is 0.186. The third-order valence-electron chi connectivity index (χ3n) is 8.25. The number of halogens is 1. The van der Waals surface area contributed by atoms with Gasteiger partial charge in [-0.1, -0.05) is 12.1 Å². The van der Waals surface area contributed by atoms with Crippen molar-refractivity contribution in [2.45, 2.75) is 64.1 Å². The second-order valence-corrected chi connectivity index (χ2v) is 12.1. The van der Waals surface area contributed by atoms with Crippen molar-refractivity contribution in [3.05, 3.63) is 76.9 Å². The van der Waals surface area contributed by atoms with E-state index in [4.69, 9.17) is 23.7 Å². The van der Waals surface area contributed by atoms with Crippen molar-refractivity contribution < 1.29 is 37.7 Å². The monoisotopic (exact) mass is 662 g/mol. The van der Waals surface area contributed by atoms with Crippen molar-refractivity contribution >= 4 is 17.8 Å². The minimum absolute atomic E-state index is 0.00236. The number of nitrogens with one attached hydrogen (secondary N) is 3. The summed E-state index contributed by atoms with van der Waals surface area (Å²) >= 11 is 0. The van der Waals surface area contributed by atoms with Crippen LogP contribution in [0, 0.1) is 5.82 Å². The van der Waals surface area contributed by atoms with Gasteiger partial charge in [0.2, 0.25) is 0 Å². The van der Waals surface area contributed by atoms with Crippen LogP contribution in [-0.4, -0.2) is 64.4 Å². The molecule has 4 aromatic rings. The van der Waals surface area contributed by atoms with Gasteiger partial charge in [-0.2, -0.15) is 10.2 Å². The molecule has 2 amide bonds. The van der Waals surface area contributed by atoms with E-state index < -0.39 is 24.1 Å². The van der Waals surface area contributed by atoms with Gasteiger partial charge >= 0.3 is 6.09 Å². The molecule has 13 nitrogen and oxygen atoms in total. The van der Waals surface area contributed by atoms with Gasteiger partial charge < -0.3 is 34.3 Å². The molecule has 0 spiro atoms. The number of aromatic nitrogens is 4. The molecule has 0 unspecified atom stereocenters. The number of nitrogens with zero attached hydrogens (tertiary/aromatic N) is 3. The minimum Gasteiger partial charge on any atom is -0.497 e. The summed E-state index contributed by atoms with van der Waals surface area (Å²) in [5.74, 6) is 0.411. The fourth-order valence-electron chi connectivity index (χ4n) is 5.93. The highest BCUT2D eigenvalue weighted by Crippen LogP contribution is 2.40. The molecule has 1 saturated heterocycles. The maximum atomic E-state index is 15.1. The highest BCUT2D eigenvalue weighted by Gasteiger charge is 2.31. The normalized spacial score (nSPS) is 17.9. The zero-order valence-corrected chi connectivity index (χ0v) is 27.2. The van der Waals surface area contributed by atoms with E-state index in [0.717, 1.165) is 24.1 Å². The molecule has 14 heteroatoms. The molecule has 0 radical (unpaired) electrons. The first-order chi connectivity index (χ1) is 23.2. The van der Waals surface area contributed by atoms with Crippen molar-refractivity contribution in [2.24, 2.45) is 7.05 Å². The minimum atomic E-state index is -0.807. The van der Waals surface area contributed by atoms with E-state index >= 15 is 4.39 Å². The van der Waals surface area contributed by atoms with Crippen LogP contribution in [0.2, 0.25) is 0 Å². The number of ether oxygens (including phenoxy) is 5. The van der Waals surface area contributed by atoms with E-state index in [1.54, 1.807) is 26.3 Å². The van der Waals surface area contributed by atoms with E-state index in [0.29, 0.717) is 48.0 Å². The van der Waals surface area contributed by atoms with Crippen LogP contribution in [0.4, 0.5) is 15.0 Å². The third-order valence-corrected chi connectivity index (χ3v) is 8.25. The number of anilines is 1. The smallest absolute Gasteiger partial charge is 0.407 e. The summed E-state index contributed by atoms with van der Waals surface area (Å²) < 4.78 is 45.0. The summed E-state index contributed by atoms with van der Waals surface area (Å²) in [4.78, 5) is 25.4. The molecule has 1 aliphatic heterocycles. The number of carbonyl (C=O) groups is 2. The summed E-state index contributed by atoms with van der Waals surface area (Å²) in [7, 11) is 3.22. The van der Waals surface area contributed by atoms with Gasteiger partial charge in [0.15, 0.2) is 12.1 Å². The Balaban J connectivity index is 1.17. The molecule has 0 bridgehead atoms. The highest BCUT2D eigenvalue weighted by molar-refractivity contribution is 6.03. The summed E-state index contributed by atoms with van der Waals surface area (Å²) in [6, 6.07) is 13.3. The zero-order chi connectivity index (χ0) is 33.8. The van der Waals surface area contributed by atoms with E-state index in [9.17, 15) is 9.59 Å². The van der Waals surface area contributed by atoms with Gasteiger partial charge in [0.05, 0.1) is 31.6 Å². The molecular weight excluding hydrogens is 623 g/mol. The van der Waals surface area contributed by atoms with Crippen molar-refractivity contribution in [2.75, 3.05) is 25.6 Å². The van der Waals surface area contributed by atoms with Gasteiger partial charge in [-0.05, 0) is 62.9 Å². The second-order valence-electron chi connectivity index (χ2n) is 12.1.